The molecule has 0 saturated carbocycles. The summed E-state index contributed by atoms with van der Waals surface area (Å²) in [7, 11) is 0. The zero-order chi connectivity index (χ0) is 14.7. The molecule has 0 atom stereocenters. The van der Waals surface area contributed by atoms with Gasteiger partial charge in [0.25, 0.3) is 0 Å². The molecule has 0 unspecified atom stereocenters. The van der Waals surface area contributed by atoms with Gasteiger partial charge in [0.1, 0.15) is 17.4 Å². The summed E-state index contributed by atoms with van der Waals surface area (Å²) in [5, 5.41) is 17.6. The van der Waals surface area contributed by atoms with Gasteiger partial charge in [0.05, 0.1) is 5.56 Å². The van der Waals surface area contributed by atoms with Gasteiger partial charge >= 0.3 is 5.97 Å². The Morgan fingerprint density at radius 3 is 2.80 bits per heavy atom. The molecule has 1 heterocycles. The number of nitriles is 1. The van der Waals surface area contributed by atoms with Crippen molar-refractivity contribution in [2.75, 3.05) is 0 Å². The van der Waals surface area contributed by atoms with Crippen molar-refractivity contribution < 1.29 is 14.3 Å². The molecule has 6 heteroatoms. The van der Waals surface area contributed by atoms with E-state index in [4.69, 9.17) is 10.4 Å². The first-order chi connectivity index (χ1) is 9.51. The summed E-state index contributed by atoms with van der Waals surface area (Å²) in [5.41, 5.74) is -0.370. The van der Waals surface area contributed by atoms with Gasteiger partial charge < -0.3 is 9.67 Å². The Balaban J connectivity index is 2.36. The van der Waals surface area contributed by atoms with Gasteiger partial charge in [-0.3, -0.25) is 4.79 Å². The minimum Gasteiger partial charge on any atom is -0.477 e. The minimum absolute atomic E-state index is 0.0815. The van der Waals surface area contributed by atoms with Crippen molar-refractivity contribution in [1.82, 2.24) is 4.57 Å². The second kappa shape index (κ2) is 5.36. The van der Waals surface area contributed by atoms with E-state index in [2.05, 4.69) is 0 Å². The fraction of sp³-hybridized carbons (Fsp3) is 0.0714. The summed E-state index contributed by atoms with van der Waals surface area (Å²) in [4.78, 5) is 22.2. The number of rotatable bonds is 3. The fourth-order valence-electron chi connectivity index (χ4n) is 1.75. The van der Waals surface area contributed by atoms with Crippen molar-refractivity contribution in [3.05, 3.63) is 69.4 Å². The van der Waals surface area contributed by atoms with E-state index in [-0.39, 0.29) is 17.7 Å². The molecule has 0 fully saturated rings. The molecule has 0 aliphatic heterocycles. The lowest BCUT2D eigenvalue weighted by Gasteiger charge is -2.08. The lowest BCUT2D eigenvalue weighted by atomic mass is 10.1. The monoisotopic (exact) mass is 272 g/mol. The molecule has 0 saturated heterocycles. The molecule has 20 heavy (non-hydrogen) atoms. The van der Waals surface area contributed by atoms with Crippen LogP contribution in [0.2, 0.25) is 0 Å². The van der Waals surface area contributed by atoms with Crippen LogP contribution in [-0.2, 0) is 6.54 Å². The Kier molecular flexibility index (Phi) is 3.62. The molecule has 2 rings (SSSR count). The highest BCUT2D eigenvalue weighted by molar-refractivity contribution is 5.86. The first-order valence-electron chi connectivity index (χ1n) is 5.63. The second-order valence-corrected chi connectivity index (χ2v) is 4.13. The number of carboxylic acids is 1. The first kappa shape index (κ1) is 13.5. The third-order valence-corrected chi connectivity index (χ3v) is 2.72. The van der Waals surface area contributed by atoms with Gasteiger partial charge in [-0.2, -0.15) is 5.26 Å². The van der Waals surface area contributed by atoms with Gasteiger partial charge in [0.15, 0.2) is 5.43 Å². The molecule has 0 aliphatic rings. The number of benzene rings is 1. The van der Waals surface area contributed by atoms with Crippen molar-refractivity contribution in [3.63, 3.8) is 0 Å². The maximum Gasteiger partial charge on any atom is 0.341 e. The Labute approximate surface area is 113 Å². The normalized spacial score (nSPS) is 10.0. The number of nitrogens with zero attached hydrogens (tertiary/aromatic N) is 2. The van der Waals surface area contributed by atoms with E-state index < -0.39 is 17.2 Å². The van der Waals surface area contributed by atoms with Crippen LogP contribution < -0.4 is 5.43 Å². The third-order valence-electron chi connectivity index (χ3n) is 2.72. The lowest BCUT2D eigenvalue weighted by Crippen LogP contribution is -2.16. The molecule has 1 aromatic heterocycles. The zero-order valence-electron chi connectivity index (χ0n) is 10.2. The van der Waals surface area contributed by atoms with Gasteiger partial charge in [0, 0.05) is 25.0 Å². The molecule has 1 aromatic carbocycles. The van der Waals surface area contributed by atoms with Crippen LogP contribution in [0.3, 0.4) is 0 Å². The van der Waals surface area contributed by atoms with Crippen LogP contribution in [0, 0.1) is 17.1 Å². The standard InChI is InChI=1S/C14H9FN2O3/c15-12-2-1-9(5-10(12)6-16)7-17-4-3-13(18)11(8-17)14(19)20/h1-5,8H,7H2,(H,19,20). The zero-order valence-corrected chi connectivity index (χ0v) is 10.2. The topological polar surface area (TPSA) is 83.1 Å². The Morgan fingerprint density at radius 2 is 2.15 bits per heavy atom. The lowest BCUT2D eigenvalue weighted by molar-refractivity contribution is 0.0694. The largest absolute Gasteiger partial charge is 0.477 e. The smallest absolute Gasteiger partial charge is 0.341 e. The number of carboxylic acid groups (broad SMARTS) is 1. The van der Waals surface area contributed by atoms with Crippen LogP contribution in [-0.4, -0.2) is 15.6 Å². The summed E-state index contributed by atoms with van der Waals surface area (Å²) < 4.78 is 14.7. The number of hydrogen-bond acceptors (Lipinski definition) is 3. The van der Waals surface area contributed by atoms with E-state index in [1.165, 1.54) is 35.2 Å². The van der Waals surface area contributed by atoms with Gasteiger partial charge in [-0.1, -0.05) is 6.07 Å². The molecule has 0 spiro atoms. The van der Waals surface area contributed by atoms with Crippen LogP contribution >= 0.6 is 0 Å². The first-order valence-corrected chi connectivity index (χ1v) is 5.63. The molecule has 0 aliphatic carbocycles. The summed E-state index contributed by atoms with van der Waals surface area (Å²) in [6, 6.07) is 6.94. The maximum absolute atomic E-state index is 13.2. The van der Waals surface area contributed by atoms with Gasteiger partial charge in [-0.25, -0.2) is 9.18 Å². The molecular formula is C14H9FN2O3. The number of aromatic nitrogens is 1. The third kappa shape index (κ3) is 2.72. The van der Waals surface area contributed by atoms with Crippen molar-refractivity contribution >= 4 is 5.97 Å². The highest BCUT2D eigenvalue weighted by Crippen LogP contribution is 2.11. The molecule has 0 amide bonds. The highest BCUT2D eigenvalue weighted by Gasteiger charge is 2.09. The van der Waals surface area contributed by atoms with Crippen molar-refractivity contribution in [2.24, 2.45) is 0 Å². The molecule has 2 aromatic rings. The number of carbonyl (C=O) groups is 1. The average Bonchev–Trinajstić information content (AvgIpc) is 2.42. The van der Waals surface area contributed by atoms with Crippen molar-refractivity contribution in [3.8, 4) is 6.07 Å². The quantitative estimate of drug-likeness (QED) is 0.920. The molecule has 0 radical (unpaired) electrons. The summed E-state index contributed by atoms with van der Waals surface area (Å²) >= 11 is 0. The molecular weight excluding hydrogens is 263 g/mol. The van der Waals surface area contributed by atoms with E-state index >= 15 is 0 Å². The van der Waals surface area contributed by atoms with Crippen LogP contribution in [0.15, 0.2) is 41.5 Å². The Morgan fingerprint density at radius 1 is 1.40 bits per heavy atom. The van der Waals surface area contributed by atoms with E-state index in [0.717, 1.165) is 6.07 Å². The number of aromatic carboxylic acids is 1. The van der Waals surface area contributed by atoms with Crippen molar-refractivity contribution in [2.45, 2.75) is 6.54 Å². The summed E-state index contributed by atoms with van der Waals surface area (Å²) in [6.45, 7) is 0.232. The Bertz CT molecular complexity index is 775. The number of hydrogen-bond donors (Lipinski definition) is 1. The van der Waals surface area contributed by atoms with Gasteiger partial charge in [-0.05, 0) is 17.7 Å². The Hall–Kier alpha value is -2.94. The maximum atomic E-state index is 13.2. The number of pyridine rings is 1. The molecule has 0 bridgehead atoms. The van der Waals surface area contributed by atoms with Crippen LogP contribution in [0.1, 0.15) is 21.5 Å². The summed E-state index contributed by atoms with van der Waals surface area (Å²) in [6.07, 6.45) is 2.64. The van der Waals surface area contributed by atoms with E-state index in [1.807, 2.05) is 0 Å². The van der Waals surface area contributed by atoms with Gasteiger partial charge in [-0.15, -0.1) is 0 Å². The predicted molar refractivity (Wildman–Crippen MR) is 67.9 cm³/mol. The van der Waals surface area contributed by atoms with Gasteiger partial charge in [0.2, 0.25) is 0 Å². The van der Waals surface area contributed by atoms with E-state index in [0.29, 0.717) is 5.56 Å². The SMILES string of the molecule is N#Cc1cc(Cn2ccc(=O)c(C(=O)O)c2)ccc1F. The fourth-order valence-corrected chi connectivity index (χ4v) is 1.75. The van der Waals surface area contributed by atoms with E-state index in [1.54, 1.807) is 6.07 Å². The molecule has 5 nitrogen and oxygen atoms in total. The predicted octanol–water partition coefficient (Wildman–Crippen LogP) is 1.61. The molecule has 1 N–H and O–H groups in total. The van der Waals surface area contributed by atoms with Crippen molar-refractivity contribution in [1.29, 1.82) is 5.26 Å². The van der Waals surface area contributed by atoms with Crippen LogP contribution in [0.25, 0.3) is 0 Å². The summed E-state index contributed by atoms with van der Waals surface area (Å²) in [5.74, 6) is -1.91. The van der Waals surface area contributed by atoms with Crippen LogP contribution in [0.4, 0.5) is 4.39 Å². The minimum atomic E-state index is -1.30. The highest BCUT2D eigenvalue weighted by atomic mass is 19.1. The number of halogens is 1. The van der Waals surface area contributed by atoms with E-state index in [9.17, 15) is 14.0 Å². The molecule has 100 valence electrons. The average molecular weight is 272 g/mol. The second-order valence-electron chi connectivity index (χ2n) is 4.13. The van der Waals surface area contributed by atoms with Crippen LogP contribution in [0.5, 0.6) is 0 Å².